The first kappa shape index (κ1) is 16.7. The molecule has 0 bridgehead atoms. The highest BCUT2D eigenvalue weighted by atomic mass is 16.1. The van der Waals surface area contributed by atoms with Crippen molar-refractivity contribution in [2.45, 2.75) is 0 Å². The van der Waals surface area contributed by atoms with Gasteiger partial charge in [0, 0.05) is 30.6 Å². The van der Waals surface area contributed by atoms with Crippen molar-refractivity contribution in [2.75, 3.05) is 0 Å². The number of carbonyl (C=O) groups excluding carboxylic acids is 1. The number of aryl methyl sites for hydroxylation is 1. The summed E-state index contributed by atoms with van der Waals surface area (Å²) in [5, 5.41) is 8.79. The molecule has 27 heavy (non-hydrogen) atoms. The van der Waals surface area contributed by atoms with Gasteiger partial charge in [0.2, 0.25) is 5.78 Å². The van der Waals surface area contributed by atoms with Crippen molar-refractivity contribution in [2.24, 2.45) is 7.05 Å². The Bertz CT molecular complexity index is 1090. The van der Waals surface area contributed by atoms with Gasteiger partial charge in [-0.3, -0.25) is 9.48 Å². The van der Waals surface area contributed by atoms with E-state index in [0.717, 1.165) is 22.5 Å². The largest absolute Gasteiger partial charge is 0.288 e. The topological polar surface area (TPSA) is 52.7 Å². The van der Waals surface area contributed by atoms with Crippen LogP contribution in [0.15, 0.2) is 85.2 Å². The van der Waals surface area contributed by atoms with E-state index in [4.69, 9.17) is 5.10 Å². The molecule has 0 radical (unpaired) electrons. The lowest BCUT2D eigenvalue weighted by Crippen LogP contribution is -2.03. The third-order valence-electron chi connectivity index (χ3n) is 4.30. The zero-order chi connectivity index (χ0) is 18.6. The fraction of sp³-hybridized carbons (Fsp3) is 0.0455. The highest BCUT2D eigenvalue weighted by Gasteiger charge is 2.12. The number of rotatable bonds is 5. The van der Waals surface area contributed by atoms with Gasteiger partial charge in [0.25, 0.3) is 0 Å². The maximum absolute atomic E-state index is 12.4. The molecule has 0 aliphatic rings. The minimum Gasteiger partial charge on any atom is -0.288 e. The van der Waals surface area contributed by atoms with Crippen LogP contribution in [-0.4, -0.2) is 25.3 Å². The van der Waals surface area contributed by atoms with Crippen LogP contribution in [0, 0.1) is 0 Å². The number of aromatic nitrogens is 4. The molecule has 132 valence electrons. The van der Waals surface area contributed by atoms with Crippen molar-refractivity contribution >= 4 is 11.9 Å². The first-order chi connectivity index (χ1) is 13.2. The second kappa shape index (κ2) is 7.25. The van der Waals surface area contributed by atoms with Crippen molar-refractivity contribution in [1.82, 2.24) is 19.6 Å². The number of hydrogen-bond acceptors (Lipinski definition) is 3. The fourth-order valence-corrected chi connectivity index (χ4v) is 2.91. The summed E-state index contributed by atoms with van der Waals surface area (Å²) in [6.45, 7) is 0. The van der Waals surface area contributed by atoms with Crippen LogP contribution in [0.25, 0.3) is 23.0 Å². The zero-order valence-corrected chi connectivity index (χ0v) is 14.9. The summed E-state index contributed by atoms with van der Waals surface area (Å²) in [5.74, 6) is -0.0959. The molecule has 0 aliphatic carbocycles. The van der Waals surface area contributed by atoms with Gasteiger partial charge in [-0.2, -0.15) is 10.2 Å². The van der Waals surface area contributed by atoms with Gasteiger partial charge in [-0.05, 0) is 30.4 Å². The zero-order valence-electron chi connectivity index (χ0n) is 14.9. The van der Waals surface area contributed by atoms with E-state index in [1.54, 1.807) is 30.1 Å². The van der Waals surface area contributed by atoms with E-state index in [-0.39, 0.29) is 5.78 Å². The summed E-state index contributed by atoms with van der Waals surface area (Å²) < 4.78 is 3.40. The quantitative estimate of drug-likeness (QED) is 0.399. The third kappa shape index (κ3) is 3.48. The SMILES string of the molecule is Cn1nccc1C(=O)C=Cc1cn(-c2ccccc2)nc1-c1ccccc1. The molecule has 5 nitrogen and oxygen atoms in total. The second-order valence-electron chi connectivity index (χ2n) is 6.12. The van der Waals surface area contributed by atoms with Crippen LogP contribution in [0.4, 0.5) is 0 Å². The summed E-state index contributed by atoms with van der Waals surface area (Å²) >= 11 is 0. The highest BCUT2D eigenvalue weighted by molar-refractivity contribution is 6.05. The van der Waals surface area contributed by atoms with Gasteiger partial charge in [0.15, 0.2) is 0 Å². The van der Waals surface area contributed by atoms with Crippen molar-refractivity contribution in [1.29, 1.82) is 0 Å². The lowest BCUT2D eigenvalue weighted by Gasteiger charge is -2.00. The highest BCUT2D eigenvalue weighted by Crippen LogP contribution is 2.24. The number of nitrogens with zero attached hydrogens (tertiary/aromatic N) is 4. The second-order valence-corrected chi connectivity index (χ2v) is 6.12. The van der Waals surface area contributed by atoms with Crippen LogP contribution < -0.4 is 0 Å². The Morgan fingerprint density at radius 2 is 1.67 bits per heavy atom. The van der Waals surface area contributed by atoms with E-state index < -0.39 is 0 Å². The molecule has 2 aromatic carbocycles. The number of hydrogen-bond donors (Lipinski definition) is 0. The number of benzene rings is 2. The van der Waals surface area contributed by atoms with Crippen molar-refractivity contribution in [3.05, 3.63) is 96.5 Å². The first-order valence-electron chi connectivity index (χ1n) is 8.63. The average Bonchev–Trinajstić information content (AvgIpc) is 3.34. The van der Waals surface area contributed by atoms with Crippen LogP contribution >= 0.6 is 0 Å². The molecule has 0 spiro atoms. The molecule has 0 unspecified atom stereocenters. The molecule has 2 heterocycles. The predicted octanol–water partition coefficient (Wildman–Crippen LogP) is 4.17. The minimum absolute atomic E-state index is 0.0959. The van der Waals surface area contributed by atoms with Crippen molar-refractivity contribution in [3.8, 4) is 16.9 Å². The van der Waals surface area contributed by atoms with Crippen molar-refractivity contribution in [3.63, 3.8) is 0 Å². The molecule has 0 N–H and O–H groups in total. The van der Waals surface area contributed by atoms with Crippen molar-refractivity contribution < 1.29 is 4.79 Å². The molecule has 4 rings (SSSR count). The number of ketones is 1. The number of allylic oxidation sites excluding steroid dienone is 1. The summed E-state index contributed by atoms with van der Waals surface area (Å²) in [5.41, 5.74) is 4.21. The van der Waals surface area contributed by atoms with Crippen LogP contribution in [0.2, 0.25) is 0 Å². The summed E-state index contributed by atoms with van der Waals surface area (Å²) in [6.07, 6.45) is 6.93. The van der Waals surface area contributed by atoms with Gasteiger partial charge in [-0.1, -0.05) is 48.5 Å². The van der Waals surface area contributed by atoms with Gasteiger partial charge >= 0.3 is 0 Å². The summed E-state index contributed by atoms with van der Waals surface area (Å²) in [7, 11) is 1.75. The average molecular weight is 354 g/mol. The normalized spacial score (nSPS) is 11.1. The van der Waals surface area contributed by atoms with Crippen LogP contribution in [0.5, 0.6) is 0 Å². The predicted molar refractivity (Wildman–Crippen MR) is 106 cm³/mol. The third-order valence-corrected chi connectivity index (χ3v) is 4.30. The lowest BCUT2D eigenvalue weighted by molar-refractivity contribution is 0.103. The Balaban J connectivity index is 1.74. The molecule has 0 amide bonds. The Morgan fingerprint density at radius 1 is 0.963 bits per heavy atom. The molecule has 0 atom stereocenters. The Labute approximate surface area is 157 Å². The molecule has 4 aromatic rings. The number of carbonyl (C=O) groups is 1. The molecule has 2 aromatic heterocycles. The van der Waals surface area contributed by atoms with E-state index in [9.17, 15) is 4.79 Å². The molecule has 0 fully saturated rings. The molecular formula is C22H18N4O. The maximum atomic E-state index is 12.4. The lowest BCUT2D eigenvalue weighted by atomic mass is 10.1. The monoisotopic (exact) mass is 354 g/mol. The van der Waals surface area contributed by atoms with E-state index in [1.807, 2.05) is 77.6 Å². The van der Waals surface area contributed by atoms with Gasteiger partial charge in [0.05, 0.1) is 11.4 Å². The van der Waals surface area contributed by atoms with E-state index >= 15 is 0 Å². The Kier molecular flexibility index (Phi) is 4.49. The fourth-order valence-electron chi connectivity index (χ4n) is 2.91. The summed E-state index contributed by atoms with van der Waals surface area (Å²) in [4.78, 5) is 12.4. The first-order valence-corrected chi connectivity index (χ1v) is 8.63. The molecule has 0 saturated carbocycles. The molecule has 0 saturated heterocycles. The molecular weight excluding hydrogens is 336 g/mol. The minimum atomic E-state index is -0.0959. The Hall–Kier alpha value is -3.73. The molecule has 5 heteroatoms. The number of para-hydroxylation sites is 1. The maximum Gasteiger partial charge on any atom is 0.203 e. The molecule has 0 aliphatic heterocycles. The summed E-state index contributed by atoms with van der Waals surface area (Å²) in [6, 6.07) is 21.6. The van der Waals surface area contributed by atoms with E-state index in [1.165, 1.54) is 0 Å². The smallest absolute Gasteiger partial charge is 0.203 e. The van der Waals surface area contributed by atoms with Gasteiger partial charge in [-0.25, -0.2) is 4.68 Å². The van der Waals surface area contributed by atoms with E-state index in [2.05, 4.69) is 5.10 Å². The van der Waals surface area contributed by atoms with Gasteiger partial charge in [-0.15, -0.1) is 0 Å². The van der Waals surface area contributed by atoms with Gasteiger partial charge < -0.3 is 0 Å². The van der Waals surface area contributed by atoms with Crippen LogP contribution in [0.1, 0.15) is 16.1 Å². The van der Waals surface area contributed by atoms with Crippen LogP contribution in [0.3, 0.4) is 0 Å². The van der Waals surface area contributed by atoms with E-state index in [0.29, 0.717) is 5.69 Å². The van der Waals surface area contributed by atoms with Gasteiger partial charge in [0.1, 0.15) is 5.69 Å². The standard InChI is InChI=1S/C22H18N4O/c1-25-20(14-15-23-25)21(27)13-12-18-16-26(19-10-6-3-7-11-19)24-22(18)17-8-4-2-5-9-17/h2-16H,1H3. The Morgan fingerprint density at radius 3 is 2.33 bits per heavy atom. The van der Waals surface area contributed by atoms with Crippen LogP contribution in [-0.2, 0) is 7.05 Å².